The number of halogens is 2. The SMILES string of the molecule is COc1cc(C(=O)NCC(c2ccco2)N2CCCC2)ccc1OC(F)F. The number of methoxy groups -OCH3 is 1. The van der Waals surface area contributed by atoms with E-state index in [-0.39, 0.29) is 23.4 Å². The molecule has 1 N–H and O–H groups in total. The van der Waals surface area contributed by atoms with Crippen LogP contribution in [-0.2, 0) is 0 Å². The molecule has 1 aromatic carbocycles. The summed E-state index contributed by atoms with van der Waals surface area (Å²) in [4.78, 5) is 14.8. The second-order valence-electron chi connectivity index (χ2n) is 6.23. The summed E-state index contributed by atoms with van der Waals surface area (Å²) in [7, 11) is 1.33. The molecule has 1 atom stereocenters. The first kappa shape index (κ1) is 19.2. The number of carbonyl (C=O) groups is 1. The van der Waals surface area contributed by atoms with Crippen molar-refractivity contribution < 1.29 is 27.5 Å². The van der Waals surface area contributed by atoms with Crippen LogP contribution in [0.5, 0.6) is 11.5 Å². The maximum atomic E-state index is 12.5. The van der Waals surface area contributed by atoms with E-state index >= 15 is 0 Å². The number of ether oxygens (including phenoxy) is 2. The Morgan fingerprint density at radius 1 is 1.26 bits per heavy atom. The second kappa shape index (κ2) is 8.85. The molecule has 1 aromatic heterocycles. The molecule has 1 unspecified atom stereocenters. The number of amides is 1. The minimum Gasteiger partial charge on any atom is -0.493 e. The summed E-state index contributed by atoms with van der Waals surface area (Å²) >= 11 is 0. The predicted molar refractivity (Wildman–Crippen MR) is 94.2 cm³/mol. The number of benzene rings is 1. The standard InChI is InChI=1S/C19H22F2N2O4/c1-25-17-11-13(6-7-16(17)27-19(20)21)18(24)22-12-14(15-5-4-10-26-15)23-8-2-3-9-23/h4-7,10-11,14,19H,2-3,8-9,12H2,1H3,(H,22,24). The third-order valence-corrected chi connectivity index (χ3v) is 4.55. The first-order valence-corrected chi connectivity index (χ1v) is 8.77. The van der Waals surface area contributed by atoms with Gasteiger partial charge in [0.15, 0.2) is 11.5 Å². The van der Waals surface area contributed by atoms with Crippen LogP contribution >= 0.6 is 0 Å². The second-order valence-corrected chi connectivity index (χ2v) is 6.23. The molecule has 1 aliphatic rings. The highest BCUT2D eigenvalue weighted by Crippen LogP contribution is 2.30. The fourth-order valence-corrected chi connectivity index (χ4v) is 3.24. The Morgan fingerprint density at radius 2 is 2.04 bits per heavy atom. The fraction of sp³-hybridized carbons (Fsp3) is 0.421. The Kier molecular flexibility index (Phi) is 6.28. The number of carbonyl (C=O) groups excluding carboxylic acids is 1. The largest absolute Gasteiger partial charge is 0.493 e. The molecule has 27 heavy (non-hydrogen) atoms. The van der Waals surface area contributed by atoms with Gasteiger partial charge in [-0.05, 0) is 56.3 Å². The number of likely N-dealkylation sites (tertiary alicyclic amines) is 1. The minimum atomic E-state index is -2.96. The number of furan rings is 1. The van der Waals surface area contributed by atoms with Gasteiger partial charge in [-0.25, -0.2) is 0 Å². The lowest BCUT2D eigenvalue weighted by Crippen LogP contribution is -2.36. The molecular formula is C19H22F2N2O4. The van der Waals surface area contributed by atoms with Crippen molar-refractivity contribution in [2.45, 2.75) is 25.5 Å². The number of hydrogen-bond donors (Lipinski definition) is 1. The van der Waals surface area contributed by atoms with Gasteiger partial charge in [-0.2, -0.15) is 8.78 Å². The summed E-state index contributed by atoms with van der Waals surface area (Å²) in [5, 5.41) is 2.89. The molecular weight excluding hydrogens is 358 g/mol. The van der Waals surface area contributed by atoms with Gasteiger partial charge in [0, 0.05) is 12.1 Å². The molecule has 8 heteroatoms. The first-order valence-electron chi connectivity index (χ1n) is 8.77. The monoisotopic (exact) mass is 380 g/mol. The number of rotatable bonds is 8. The maximum absolute atomic E-state index is 12.5. The molecule has 2 aromatic rings. The van der Waals surface area contributed by atoms with E-state index in [0.29, 0.717) is 12.1 Å². The molecule has 1 fully saturated rings. The Bertz CT molecular complexity index is 746. The smallest absolute Gasteiger partial charge is 0.387 e. The fourth-order valence-electron chi connectivity index (χ4n) is 3.24. The Balaban J connectivity index is 1.68. The summed E-state index contributed by atoms with van der Waals surface area (Å²) < 4.78 is 39.8. The number of alkyl halides is 2. The van der Waals surface area contributed by atoms with E-state index in [1.165, 1.54) is 25.3 Å². The Labute approximate surface area is 156 Å². The molecule has 1 amide bonds. The summed E-state index contributed by atoms with van der Waals surface area (Å²) in [5.41, 5.74) is 0.299. The first-order chi connectivity index (χ1) is 13.1. The molecule has 0 saturated carbocycles. The van der Waals surface area contributed by atoms with Gasteiger partial charge in [-0.3, -0.25) is 9.69 Å². The van der Waals surface area contributed by atoms with Gasteiger partial charge < -0.3 is 19.2 Å². The summed E-state index contributed by atoms with van der Waals surface area (Å²) in [6.07, 6.45) is 3.86. The molecule has 6 nitrogen and oxygen atoms in total. The zero-order chi connectivity index (χ0) is 19.2. The van der Waals surface area contributed by atoms with Crippen molar-refractivity contribution in [3.05, 3.63) is 47.9 Å². The van der Waals surface area contributed by atoms with Gasteiger partial charge in [-0.15, -0.1) is 0 Å². The summed E-state index contributed by atoms with van der Waals surface area (Å²) in [6, 6.07) is 7.78. The maximum Gasteiger partial charge on any atom is 0.387 e. The third kappa shape index (κ3) is 4.77. The molecule has 3 rings (SSSR count). The average Bonchev–Trinajstić information content (AvgIpc) is 3.36. The molecule has 146 valence electrons. The van der Waals surface area contributed by atoms with Crippen LogP contribution in [0.3, 0.4) is 0 Å². The van der Waals surface area contributed by atoms with Gasteiger partial charge in [0.25, 0.3) is 5.91 Å². The Morgan fingerprint density at radius 3 is 2.67 bits per heavy atom. The van der Waals surface area contributed by atoms with Crippen molar-refractivity contribution in [3.8, 4) is 11.5 Å². The highest BCUT2D eigenvalue weighted by Gasteiger charge is 2.26. The minimum absolute atomic E-state index is 0.0465. The van der Waals surface area contributed by atoms with E-state index in [4.69, 9.17) is 9.15 Å². The van der Waals surface area contributed by atoms with Gasteiger partial charge in [0.05, 0.1) is 19.4 Å². The molecule has 1 aliphatic heterocycles. The van der Waals surface area contributed by atoms with Crippen molar-refractivity contribution in [3.63, 3.8) is 0 Å². The van der Waals surface area contributed by atoms with E-state index in [0.717, 1.165) is 31.7 Å². The van der Waals surface area contributed by atoms with Crippen LogP contribution in [0.25, 0.3) is 0 Å². The van der Waals surface area contributed by atoms with Gasteiger partial charge in [0.1, 0.15) is 5.76 Å². The quantitative estimate of drug-likeness (QED) is 0.760. The van der Waals surface area contributed by atoms with Gasteiger partial charge in [-0.1, -0.05) is 0 Å². The van der Waals surface area contributed by atoms with E-state index in [9.17, 15) is 13.6 Å². The molecule has 0 aliphatic carbocycles. The number of nitrogens with zero attached hydrogens (tertiary/aromatic N) is 1. The highest BCUT2D eigenvalue weighted by atomic mass is 19.3. The molecule has 1 saturated heterocycles. The summed E-state index contributed by atoms with van der Waals surface area (Å²) in [6.45, 7) is -0.680. The number of hydrogen-bond acceptors (Lipinski definition) is 5. The van der Waals surface area contributed by atoms with Gasteiger partial charge >= 0.3 is 6.61 Å². The molecule has 0 bridgehead atoms. The lowest BCUT2D eigenvalue weighted by atomic mass is 10.1. The van der Waals surface area contributed by atoms with Crippen molar-refractivity contribution in [1.82, 2.24) is 10.2 Å². The highest BCUT2D eigenvalue weighted by molar-refractivity contribution is 5.94. The topological polar surface area (TPSA) is 63.9 Å². The predicted octanol–water partition coefficient (Wildman–Crippen LogP) is 3.46. The van der Waals surface area contributed by atoms with Crippen LogP contribution < -0.4 is 14.8 Å². The van der Waals surface area contributed by atoms with Crippen LogP contribution in [0.1, 0.15) is 35.0 Å². The van der Waals surface area contributed by atoms with Crippen LogP contribution in [0.4, 0.5) is 8.78 Å². The molecule has 0 spiro atoms. The van der Waals surface area contributed by atoms with E-state index in [1.807, 2.05) is 12.1 Å². The van der Waals surface area contributed by atoms with Crippen LogP contribution in [-0.4, -0.2) is 44.2 Å². The van der Waals surface area contributed by atoms with Gasteiger partial charge in [0.2, 0.25) is 0 Å². The van der Waals surface area contributed by atoms with Crippen LogP contribution in [0.2, 0.25) is 0 Å². The zero-order valence-electron chi connectivity index (χ0n) is 15.0. The average molecular weight is 380 g/mol. The lowest BCUT2D eigenvalue weighted by molar-refractivity contribution is -0.0512. The van der Waals surface area contributed by atoms with E-state index < -0.39 is 6.61 Å². The zero-order valence-corrected chi connectivity index (χ0v) is 15.0. The Hall–Kier alpha value is -2.61. The summed E-state index contributed by atoms with van der Waals surface area (Å²) in [5.74, 6) is 0.433. The molecule has 2 heterocycles. The normalized spacial score (nSPS) is 15.7. The van der Waals surface area contributed by atoms with E-state index in [1.54, 1.807) is 6.26 Å². The lowest BCUT2D eigenvalue weighted by Gasteiger charge is -2.26. The van der Waals surface area contributed by atoms with Crippen molar-refractivity contribution >= 4 is 5.91 Å². The van der Waals surface area contributed by atoms with Crippen molar-refractivity contribution in [1.29, 1.82) is 0 Å². The van der Waals surface area contributed by atoms with Crippen LogP contribution in [0.15, 0.2) is 41.0 Å². The van der Waals surface area contributed by atoms with Crippen molar-refractivity contribution in [2.75, 3.05) is 26.7 Å². The van der Waals surface area contributed by atoms with E-state index in [2.05, 4.69) is 15.0 Å². The number of nitrogens with one attached hydrogen (secondary N) is 1. The third-order valence-electron chi connectivity index (χ3n) is 4.55. The molecule has 0 radical (unpaired) electrons. The van der Waals surface area contributed by atoms with Crippen molar-refractivity contribution in [2.24, 2.45) is 0 Å². The van der Waals surface area contributed by atoms with Crippen LogP contribution in [0, 0.1) is 0 Å².